The lowest BCUT2D eigenvalue weighted by Gasteiger charge is -2.34. The predicted molar refractivity (Wildman–Crippen MR) is 87.0 cm³/mol. The van der Waals surface area contributed by atoms with Gasteiger partial charge < -0.3 is 20.2 Å². The maximum Gasteiger partial charge on any atom is 0.317 e. The van der Waals surface area contributed by atoms with E-state index in [0.29, 0.717) is 45.4 Å². The van der Waals surface area contributed by atoms with Crippen LogP contribution in [0.15, 0.2) is 0 Å². The molecule has 7 nitrogen and oxygen atoms in total. The molecule has 23 heavy (non-hydrogen) atoms. The minimum absolute atomic E-state index is 0.0989. The summed E-state index contributed by atoms with van der Waals surface area (Å²) in [5.74, 6) is -1.06. The Morgan fingerprint density at radius 2 is 1.87 bits per heavy atom. The van der Waals surface area contributed by atoms with Crippen LogP contribution in [-0.2, 0) is 9.59 Å². The third-order valence-electron chi connectivity index (χ3n) is 4.26. The SMILES string of the molecule is CCN(CC)C(=O)CCCNC(=O)N1CC(C)CC(C(=O)O)C1. The molecular formula is C16H29N3O4. The highest BCUT2D eigenvalue weighted by atomic mass is 16.4. The van der Waals surface area contributed by atoms with E-state index in [1.165, 1.54) is 0 Å². The summed E-state index contributed by atoms with van der Waals surface area (Å²) in [5.41, 5.74) is 0. The first-order chi connectivity index (χ1) is 10.9. The van der Waals surface area contributed by atoms with Crippen molar-refractivity contribution >= 4 is 17.9 Å². The standard InChI is InChI=1S/C16H29N3O4/c1-4-18(5-2)14(20)7-6-8-17-16(23)19-10-12(3)9-13(11-19)15(21)22/h12-13H,4-11H2,1-3H3,(H,17,23)(H,21,22). The predicted octanol–water partition coefficient (Wildman–Crippen LogP) is 1.39. The van der Waals surface area contributed by atoms with Gasteiger partial charge in [-0.2, -0.15) is 0 Å². The molecule has 3 amide bonds. The van der Waals surface area contributed by atoms with Crippen LogP contribution in [0.5, 0.6) is 0 Å². The van der Waals surface area contributed by atoms with Gasteiger partial charge in [-0.25, -0.2) is 4.79 Å². The second kappa shape index (κ2) is 9.37. The highest BCUT2D eigenvalue weighted by Crippen LogP contribution is 2.21. The number of amides is 3. The van der Waals surface area contributed by atoms with Crippen LogP contribution in [0.2, 0.25) is 0 Å². The highest BCUT2D eigenvalue weighted by Gasteiger charge is 2.31. The third-order valence-corrected chi connectivity index (χ3v) is 4.26. The molecule has 1 aliphatic heterocycles. The average Bonchev–Trinajstić information content (AvgIpc) is 2.51. The average molecular weight is 327 g/mol. The van der Waals surface area contributed by atoms with Crippen LogP contribution in [0.1, 0.15) is 40.0 Å². The van der Waals surface area contributed by atoms with E-state index in [4.69, 9.17) is 5.11 Å². The molecule has 1 fully saturated rings. The van der Waals surface area contributed by atoms with Crippen LogP contribution < -0.4 is 5.32 Å². The van der Waals surface area contributed by atoms with Crippen molar-refractivity contribution in [1.82, 2.24) is 15.1 Å². The highest BCUT2D eigenvalue weighted by molar-refractivity contribution is 5.77. The Balaban J connectivity index is 2.33. The van der Waals surface area contributed by atoms with Gasteiger partial charge in [-0.1, -0.05) is 6.92 Å². The van der Waals surface area contributed by atoms with E-state index in [1.54, 1.807) is 9.80 Å². The Labute approximate surface area is 138 Å². The van der Waals surface area contributed by atoms with Gasteiger partial charge in [0, 0.05) is 39.1 Å². The molecule has 7 heteroatoms. The van der Waals surface area contributed by atoms with Gasteiger partial charge in [-0.15, -0.1) is 0 Å². The number of rotatable bonds is 7. The minimum atomic E-state index is -0.848. The van der Waals surface area contributed by atoms with Gasteiger partial charge in [0.2, 0.25) is 5.91 Å². The van der Waals surface area contributed by atoms with Crippen molar-refractivity contribution in [3.05, 3.63) is 0 Å². The molecule has 2 N–H and O–H groups in total. The molecule has 2 atom stereocenters. The zero-order chi connectivity index (χ0) is 17.4. The van der Waals surface area contributed by atoms with Gasteiger partial charge in [0.05, 0.1) is 5.92 Å². The minimum Gasteiger partial charge on any atom is -0.481 e. The normalized spacial score (nSPS) is 20.9. The topological polar surface area (TPSA) is 90.0 Å². The molecule has 0 aromatic rings. The van der Waals surface area contributed by atoms with E-state index in [9.17, 15) is 14.4 Å². The molecule has 1 aliphatic rings. The van der Waals surface area contributed by atoms with Crippen molar-refractivity contribution in [1.29, 1.82) is 0 Å². The fraction of sp³-hybridized carbons (Fsp3) is 0.812. The molecule has 0 radical (unpaired) electrons. The van der Waals surface area contributed by atoms with E-state index in [0.717, 1.165) is 0 Å². The maximum atomic E-state index is 12.1. The van der Waals surface area contributed by atoms with Crippen molar-refractivity contribution in [2.75, 3.05) is 32.7 Å². The number of piperidine rings is 1. The number of aliphatic carboxylic acids is 1. The number of carboxylic acid groups (broad SMARTS) is 1. The lowest BCUT2D eigenvalue weighted by atomic mass is 9.91. The molecule has 1 heterocycles. The van der Waals surface area contributed by atoms with Gasteiger partial charge in [0.1, 0.15) is 0 Å². The van der Waals surface area contributed by atoms with E-state index >= 15 is 0 Å². The van der Waals surface area contributed by atoms with Gasteiger partial charge >= 0.3 is 12.0 Å². The third kappa shape index (κ3) is 6.08. The molecule has 0 aliphatic carbocycles. The fourth-order valence-corrected chi connectivity index (χ4v) is 2.98. The molecule has 1 saturated heterocycles. The van der Waals surface area contributed by atoms with Crippen LogP contribution in [-0.4, -0.2) is 65.5 Å². The van der Waals surface area contributed by atoms with Gasteiger partial charge in [0.15, 0.2) is 0 Å². The summed E-state index contributed by atoms with van der Waals surface area (Å²) in [6, 6.07) is -0.238. The molecule has 0 saturated carbocycles. The van der Waals surface area contributed by atoms with Crippen molar-refractivity contribution in [3.8, 4) is 0 Å². The zero-order valence-electron chi connectivity index (χ0n) is 14.4. The second-order valence-corrected chi connectivity index (χ2v) is 6.18. The van der Waals surface area contributed by atoms with Gasteiger partial charge in [-0.05, 0) is 32.6 Å². The number of carbonyl (C=O) groups excluding carboxylic acids is 2. The van der Waals surface area contributed by atoms with E-state index < -0.39 is 11.9 Å². The summed E-state index contributed by atoms with van der Waals surface area (Å²) in [6.45, 7) is 8.50. The molecule has 0 aromatic heterocycles. The van der Waals surface area contributed by atoms with E-state index in [1.807, 2.05) is 20.8 Å². The molecule has 2 unspecified atom stereocenters. The van der Waals surface area contributed by atoms with Crippen LogP contribution in [0.25, 0.3) is 0 Å². The van der Waals surface area contributed by atoms with Crippen molar-refractivity contribution in [2.45, 2.75) is 40.0 Å². The van der Waals surface area contributed by atoms with Crippen LogP contribution in [0.4, 0.5) is 4.79 Å². The number of likely N-dealkylation sites (tertiary alicyclic amines) is 1. The summed E-state index contributed by atoms with van der Waals surface area (Å²) in [4.78, 5) is 38.4. The van der Waals surface area contributed by atoms with Crippen LogP contribution >= 0.6 is 0 Å². The molecule has 1 rings (SSSR count). The summed E-state index contributed by atoms with van der Waals surface area (Å²) in [7, 11) is 0. The number of nitrogens with zero attached hydrogens (tertiary/aromatic N) is 2. The van der Waals surface area contributed by atoms with Gasteiger partial charge in [0.25, 0.3) is 0 Å². The van der Waals surface area contributed by atoms with Gasteiger partial charge in [-0.3, -0.25) is 9.59 Å². The zero-order valence-corrected chi connectivity index (χ0v) is 14.4. The summed E-state index contributed by atoms with van der Waals surface area (Å²) in [5, 5.41) is 11.9. The number of hydrogen-bond acceptors (Lipinski definition) is 3. The van der Waals surface area contributed by atoms with Crippen molar-refractivity contribution in [2.24, 2.45) is 11.8 Å². The van der Waals surface area contributed by atoms with E-state index in [-0.39, 0.29) is 24.4 Å². The first-order valence-electron chi connectivity index (χ1n) is 8.42. The number of carboxylic acids is 1. The quantitative estimate of drug-likeness (QED) is 0.691. The maximum absolute atomic E-state index is 12.1. The summed E-state index contributed by atoms with van der Waals surface area (Å²) < 4.78 is 0. The Morgan fingerprint density at radius 1 is 1.22 bits per heavy atom. The molecule has 0 bridgehead atoms. The van der Waals surface area contributed by atoms with Crippen molar-refractivity contribution in [3.63, 3.8) is 0 Å². The number of carbonyl (C=O) groups is 3. The Bertz CT molecular complexity index is 424. The van der Waals surface area contributed by atoms with Crippen LogP contribution in [0, 0.1) is 11.8 Å². The van der Waals surface area contributed by atoms with Crippen molar-refractivity contribution < 1.29 is 19.5 Å². The van der Waals surface area contributed by atoms with E-state index in [2.05, 4.69) is 5.32 Å². The number of nitrogens with one attached hydrogen (secondary N) is 1. The Hall–Kier alpha value is -1.79. The number of urea groups is 1. The number of hydrogen-bond donors (Lipinski definition) is 2. The Kier molecular flexibility index (Phi) is 7.85. The first-order valence-corrected chi connectivity index (χ1v) is 8.42. The second-order valence-electron chi connectivity index (χ2n) is 6.18. The molecule has 0 aromatic carbocycles. The largest absolute Gasteiger partial charge is 0.481 e. The fourth-order valence-electron chi connectivity index (χ4n) is 2.98. The van der Waals surface area contributed by atoms with Crippen LogP contribution in [0.3, 0.4) is 0 Å². The monoisotopic (exact) mass is 327 g/mol. The molecule has 0 spiro atoms. The molecular weight excluding hydrogens is 298 g/mol. The lowest BCUT2D eigenvalue weighted by molar-refractivity contribution is -0.143. The smallest absolute Gasteiger partial charge is 0.317 e. The Morgan fingerprint density at radius 3 is 2.43 bits per heavy atom. The molecule has 132 valence electrons. The summed E-state index contributed by atoms with van der Waals surface area (Å²) in [6.07, 6.45) is 1.61. The lowest BCUT2D eigenvalue weighted by Crippen LogP contribution is -2.49. The first kappa shape index (κ1) is 19.3. The summed E-state index contributed by atoms with van der Waals surface area (Å²) >= 11 is 0.